The Labute approximate surface area is 196 Å². The van der Waals surface area contributed by atoms with Crippen LogP contribution in [-0.2, 0) is 21.0 Å². The van der Waals surface area contributed by atoms with Crippen LogP contribution in [0.4, 0.5) is 24.5 Å². The van der Waals surface area contributed by atoms with Crippen molar-refractivity contribution in [3.05, 3.63) is 59.7 Å². The van der Waals surface area contributed by atoms with Gasteiger partial charge < -0.3 is 5.32 Å². The van der Waals surface area contributed by atoms with Crippen LogP contribution in [0.3, 0.4) is 0 Å². The number of sulfonamides is 1. The minimum absolute atomic E-state index is 0.0201. The second-order valence-electron chi connectivity index (χ2n) is 9.64. The van der Waals surface area contributed by atoms with Gasteiger partial charge in [-0.05, 0) is 60.6 Å². The summed E-state index contributed by atoms with van der Waals surface area (Å²) < 4.78 is 67.2. The van der Waals surface area contributed by atoms with Crippen LogP contribution in [0, 0.1) is 16.7 Å². The third kappa shape index (κ3) is 4.31. The minimum Gasteiger partial charge on any atom is -0.322 e. The summed E-state index contributed by atoms with van der Waals surface area (Å²) in [6, 6.07) is 9.88. The molecule has 0 saturated heterocycles. The van der Waals surface area contributed by atoms with Gasteiger partial charge >= 0.3 is 6.18 Å². The highest BCUT2D eigenvalue weighted by Gasteiger charge is 2.65. The van der Waals surface area contributed by atoms with Crippen molar-refractivity contribution >= 4 is 33.1 Å². The van der Waals surface area contributed by atoms with Gasteiger partial charge in [-0.25, -0.2) is 8.42 Å². The molecule has 1 amide bonds. The van der Waals surface area contributed by atoms with E-state index in [9.17, 15) is 31.2 Å². The number of halogens is 3. The Morgan fingerprint density at radius 2 is 1.76 bits per heavy atom. The zero-order valence-corrected chi connectivity index (χ0v) is 19.5. The number of Topliss-reactive ketones (excluding diaryl/α,β-unsaturated/α-hetero) is 1. The molecule has 2 bridgehead atoms. The Balaban J connectivity index is 1.50. The topological polar surface area (TPSA) is 92.3 Å². The highest BCUT2D eigenvalue weighted by Crippen LogP contribution is 2.64. The van der Waals surface area contributed by atoms with Crippen molar-refractivity contribution in [1.82, 2.24) is 0 Å². The molecule has 2 aromatic rings. The van der Waals surface area contributed by atoms with Gasteiger partial charge in [-0.1, -0.05) is 26.0 Å². The zero-order chi connectivity index (χ0) is 24.9. The number of anilines is 2. The van der Waals surface area contributed by atoms with Crippen molar-refractivity contribution < 1.29 is 31.2 Å². The second kappa shape index (κ2) is 8.11. The van der Waals surface area contributed by atoms with Crippen molar-refractivity contribution in [3.63, 3.8) is 0 Å². The van der Waals surface area contributed by atoms with Crippen LogP contribution in [0.15, 0.2) is 48.5 Å². The summed E-state index contributed by atoms with van der Waals surface area (Å²) in [5.74, 6) is -0.862. The lowest BCUT2D eigenvalue weighted by atomic mass is 9.70. The molecule has 2 aliphatic carbocycles. The fraction of sp³-hybridized carbons (Fsp3) is 0.417. The molecular weight excluding hydrogens is 469 g/mol. The number of carbonyl (C=O) groups is 2. The summed E-state index contributed by atoms with van der Waals surface area (Å²) >= 11 is 0. The molecule has 0 radical (unpaired) electrons. The minimum atomic E-state index is -4.55. The Morgan fingerprint density at radius 1 is 1.09 bits per heavy atom. The smallest absolute Gasteiger partial charge is 0.322 e. The first-order valence-corrected chi connectivity index (χ1v) is 12.5. The number of hydrogen-bond acceptors (Lipinski definition) is 4. The van der Waals surface area contributed by atoms with E-state index in [1.807, 2.05) is 13.8 Å². The monoisotopic (exact) mass is 494 g/mol. The summed E-state index contributed by atoms with van der Waals surface area (Å²) in [5, 5.41) is 2.40. The van der Waals surface area contributed by atoms with Gasteiger partial charge in [0, 0.05) is 23.4 Å². The Bertz CT molecular complexity index is 1260. The molecule has 0 aliphatic heterocycles. The number of carbonyl (C=O) groups excluding carboxylic acids is 2. The molecule has 34 heavy (non-hydrogen) atoms. The lowest BCUT2D eigenvalue weighted by Gasteiger charge is -2.36. The van der Waals surface area contributed by atoms with E-state index in [4.69, 9.17) is 0 Å². The lowest BCUT2D eigenvalue weighted by Crippen LogP contribution is -2.43. The van der Waals surface area contributed by atoms with Crippen LogP contribution in [0.2, 0.25) is 0 Å². The molecule has 0 heterocycles. The first-order chi connectivity index (χ1) is 15.7. The number of benzene rings is 2. The van der Waals surface area contributed by atoms with Gasteiger partial charge in [-0.3, -0.25) is 14.3 Å². The Hall–Kier alpha value is -2.88. The average Bonchev–Trinajstić information content (AvgIpc) is 3.07. The lowest BCUT2D eigenvalue weighted by molar-refractivity contribution is -0.137. The molecule has 0 unspecified atom stereocenters. The normalized spacial score (nSPS) is 23.7. The van der Waals surface area contributed by atoms with E-state index >= 15 is 0 Å². The highest BCUT2D eigenvalue weighted by atomic mass is 32.2. The van der Waals surface area contributed by atoms with Crippen molar-refractivity contribution in [2.45, 2.75) is 39.3 Å². The SMILES string of the molecule is CC1(C)[C@@H]2CC[C@@]1(CS(=O)(=O)Nc1cccc(C(=O)Nc3cccc(C(F)(F)F)c3)c1)C(=O)C2. The molecule has 2 saturated carbocycles. The van der Waals surface area contributed by atoms with Gasteiger partial charge in [0.1, 0.15) is 5.78 Å². The summed E-state index contributed by atoms with van der Waals surface area (Å²) in [4.78, 5) is 25.3. The van der Waals surface area contributed by atoms with Crippen LogP contribution in [0.25, 0.3) is 0 Å². The summed E-state index contributed by atoms with van der Waals surface area (Å²) in [7, 11) is -3.92. The largest absolute Gasteiger partial charge is 0.416 e. The number of ketones is 1. The maximum atomic E-state index is 13.0. The van der Waals surface area contributed by atoms with E-state index in [0.717, 1.165) is 18.6 Å². The van der Waals surface area contributed by atoms with Crippen LogP contribution in [0.1, 0.15) is 49.0 Å². The van der Waals surface area contributed by atoms with Crippen LogP contribution >= 0.6 is 0 Å². The predicted octanol–water partition coefficient (Wildman–Crippen LogP) is 5.09. The fourth-order valence-electron chi connectivity index (χ4n) is 5.35. The van der Waals surface area contributed by atoms with Gasteiger partial charge in [0.25, 0.3) is 5.91 Å². The number of hydrogen-bond donors (Lipinski definition) is 2. The zero-order valence-electron chi connectivity index (χ0n) is 18.7. The molecule has 0 aromatic heterocycles. The van der Waals surface area contributed by atoms with E-state index in [0.29, 0.717) is 12.8 Å². The Morgan fingerprint density at radius 3 is 2.38 bits per heavy atom. The third-order valence-electron chi connectivity index (χ3n) is 7.42. The van der Waals surface area contributed by atoms with Crippen LogP contribution in [-0.4, -0.2) is 25.9 Å². The molecule has 2 aromatic carbocycles. The maximum absolute atomic E-state index is 13.0. The summed E-state index contributed by atoms with van der Waals surface area (Å²) in [6.07, 6.45) is -2.80. The van der Waals surface area contributed by atoms with Crippen molar-refractivity contribution in [2.24, 2.45) is 16.7 Å². The molecule has 2 N–H and O–H groups in total. The van der Waals surface area contributed by atoms with Crippen LogP contribution in [0.5, 0.6) is 0 Å². The van der Waals surface area contributed by atoms with Crippen LogP contribution < -0.4 is 10.0 Å². The first kappa shape index (κ1) is 24.3. The maximum Gasteiger partial charge on any atom is 0.416 e. The highest BCUT2D eigenvalue weighted by molar-refractivity contribution is 7.92. The van der Waals surface area contributed by atoms with Crippen molar-refractivity contribution in [1.29, 1.82) is 0 Å². The molecule has 6 nitrogen and oxygen atoms in total. The van der Waals surface area contributed by atoms with E-state index in [2.05, 4.69) is 10.0 Å². The third-order valence-corrected chi connectivity index (χ3v) is 8.84. The second-order valence-corrected chi connectivity index (χ2v) is 11.4. The van der Waals surface area contributed by atoms with E-state index < -0.39 is 38.5 Å². The quantitative estimate of drug-likeness (QED) is 0.585. The average molecular weight is 495 g/mol. The van der Waals surface area contributed by atoms with E-state index in [1.54, 1.807) is 0 Å². The molecule has 182 valence electrons. The van der Waals surface area contributed by atoms with Gasteiger partial charge in [0.2, 0.25) is 10.0 Å². The van der Waals surface area contributed by atoms with Gasteiger partial charge in [0.15, 0.2) is 0 Å². The standard InChI is InChI=1S/C24H25F3N2O4S/c1-22(2)16-9-10-23(22,20(30)13-16)14-34(32,33)29-19-8-3-5-15(11-19)21(31)28-18-7-4-6-17(12-18)24(25,26)27/h3-8,11-12,16,29H,9-10,13-14H2,1-2H3,(H,28,31)/t16-,23-/m1/s1. The molecule has 2 atom stereocenters. The molecule has 2 aliphatic rings. The number of rotatable bonds is 6. The molecule has 0 spiro atoms. The number of fused-ring (bicyclic) bond motifs is 2. The van der Waals surface area contributed by atoms with Gasteiger partial charge in [-0.2, -0.15) is 13.2 Å². The van der Waals surface area contributed by atoms with Gasteiger partial charge in [-0.15, -0.1) is 0 Å². The fourth-order valence-corrected chi connectivity index (χ4v) is 7.23. The van der Waals surface area contributed by atoms with Gasteiger partial charge in [0.05, 0.1) is 16.7 Å². The van der Waals surface area contributed by atoms with E-state index in [-0.39, 0.29) is 34.4 Å². The number of alkyl halides is 3. The molecule has 4 rings (SSSR count). The molecule has 10 heteroatoms. The Kier molecular flexibility index (Phi) is 5.78. The first-order valence-electron chi connectivity index (χ1n) is 10.9. The van der Waals surface area contributed by atoms with Crippen molar-refractivity contribution in [3.8, 4) is 0 Å². The van der Waals surface area contributed by atoms with Crippen molar-refractivity contribution in [2.75, 3.05) is 15.8 Å². The molecule has 2 fully saturated rings. The summed E-state index contributed by atoms with van der Waals surface area (Å²) in [6.45, 7) is 3.90. The summed E-state index contributed by atoms with van der Waals surface area (Å²) in [5.41, 5.74) is -2.08. The van der Waals surface area contributed by atoms with E-state index in [1.165, 1.54) is 36.4 Å². The molecular formula is C24H25F3N2O4S. The predicted molar refractivity (Wildman–Crippen MR) is 122 cm³/mol. The number of amides is 1. The number of nitrogens with one attached hydrogen (secondary N) is 2.